The molecule has 1 aromatic carbocycles. The van der Waals surface area contributed by atoms with Crippen LogP contribution >= 0.6 is 0 Å². The number of carboxylic acid groups (broad SMARTS) is 1. The minimum Gasteiger partial charge on any atom is -0.480 e. The van der Waals surface area contributed by atoms with E-state index in [4.69, 9.17) is 5.11 Å². The molecule has 0 aliphatic carbocycles. The third-order valence-electron chi connectivity index (χ3n) is 2.63. The Bertz CT molecular complexity index is 454. The zero-order valence-electron chi connectivity index (χ0n) is 10.4. The molecule has 0 fully saturated rings. The first-order chi connectivity index (χ1) is 8.54. The van der Waals surface area contributed by atoms with Crippen molar-refractivity contribution < 1.29 is 14.7 Å². The van der Waals surface area contributed by atoms with Crippen LogP contribution in [0.2, 0.25) is 0 Å². The number of aliphatic carboxylic acids is 1. The van der Waals surface area contributed by atoms with Crippen LogP contribution in [0.5, 0.6) is 0 Å². The molecule has 1 rings (SSSR count). The Morgan fingerprint density at radius 3 is 2.61 bits per heavy atom. The lowest BCUT2D eigenvalue weighted by Crippen LogP contribution is -2.36. The van der Waals surface area contributed by atoms with E-state index in [0.717, 1.165) is 11.1 Å². The lowest BCUT2D eigenvalue weighted by atomic mass is 10.1. The predicted octanol–water partition coefficient (Wildman–Crippen LogP) is 1.64. The molecule has 1 aromatic rings. The summed E-state index contributed by atoms with van der Waals surface area (Å²) in [4.78, 5) is 24.0. The van der Waals surface area contributed by atoms with Gasteiger partial charge >= 0.3 is 5.97 Å². The first-order valence-corrected chi connectivity index (χ1v) is 5.69. The van der Waals surface area contributed by atoms with Gasteiger partial charge < -0.3 is 10.0 Å². The number of carboxylic acids is 1. The van der Waals surface area contributed by atoms with Crippen molar-refractivity contribution in [2.45, 2.75) is 13.3 Å². The largest absolute Gasteiger partial charge is 0.480 e. The second-order valence-electron chi connectivity index (χ2n) is 4.06. The topological polar surface area (TPSA) is 57.6 Å². The normalized spacial score (nSPS) is 9.83. The van der Waals surface area contributed by atoms with Crippen LogP contribution in [0.1, 0.15) is 11.1 Å². The predicted molar refractivity (Wildman–Crippen MR) is 69.3 cm³/mol. The minimum atomic E-state index is -1.02. The molecular formula is C14H17NO3. The lowest BCUT2D eigenvalue weighted by Gasteiger charge is -2.19. The van der Waals surface area contributed by atoms with E-state index in [1.165, 1.54) is 11.0 Å². The standard InChI is InChI=1S/C14H17NO3/c1-3-8-15(10-14(17)18)13(16)9-12-7-5-4-6-11(12)2/h3-7H,1,8-10H2,2H3,(H,17,18). The van der Waals surface area contributed by atoms with Crippen molar-refractivity contribution in [1.82, 2.24) is 4.90 Å². The van der Waals surface area contributed by atoms with Crippen LogP contribution in [0, 0.1) is 6.92 Å². The zero-order chi connectivity index (χ0) is 13.5. The van der Waals surface area contributed by atoms with Crippen molar-refractivity contribution in [3.05, 3.63) is 48.0 Å². The van der Waals surface area contributed by atoms with Gasteiger partial charge in [-0.2, -0.15) is 0 Å². The summed E-state index contributed by atoms with van der Waals surface area (Å²) in [5, 5.41) is 8.75. The highest BCUT2D eigenvalue weighted by Gasteiger charge is 2.16. The highest BCUT2D eigenvalue weighted by molar-refractivity contribution is 5.83. The third kappa shape index (κ3) is 4.05. The van der Waals surface area contributed by atoms with Gasteiger partial charge in [-0.3, -0.25) is 9.59 Å². The summed E-state index contributed by atoms with van der Waals surface area (Å²) in [5.74, 6) is -1.22. The maximum atomic E-state index is 12.0. The number of rotatable bonds is 6. The van der Waals surface area contributed by atoms with Gasteiger partial charge in [0.1, 0.15) is 6.54 Å². The first-order valence-electron chi connectivity index (χ1n) is 5.69. The number of hydrogen-bond donors (Lipinski definition) is 1. The summed E-state index contributed by atoms with van der Waals surface area (Å²) in [6.45, 7) is 5.41. The molecule has 0 saturated heterocycles. The summed E-state index contributed by atoms with van der Waals surface area (Å²) in [6, 6.07) is 7.57. The molecular weight excluding hydrogens is 230 g/mol. The minimum absolute atomic E-state index is 0.202. The second-order valence-corrected chi connectivity index (χ2v) is 4.06. The van der Waals surface area contributed by atoms with Gasteiger partial charge in [0.05, 0.1) is 6.42 Å². The number of benzene rings is 1. The highest BCUT2D eigenvalue weighted by Crippen LogP contribution is 2.09. The molecule has 0 bridgehead atoms. The number of hydrogen-bond acceptors (Lipinski definition) is 2. The van der Waals surface area contributed by atoms with Crippen LogP contribution < -0.4 is 0 Å². The molecule has 1 N–H and O–H groups in total. The average Bonchev–Trinajstić information content (AvgIpc) is 2.31. The first kappa shape index (κ1) is 14.0. The van der Waals surface area contributed by atoms with Crippen molar-refractivity contribution in [1.29, 1.82) is 0 Å². The van der Waals surface area contributed by atoms with Gasteiger partial charge in [-0.05, 0) is 18.1 Å². The molecule has 0 radical (unpaired) electrons. The Balaban J connectivity index is 2.75. The Hall–Kier alpha value is -2.10. The van der Waals surface area contributed by atoms with Crippen molar-refractivity contribution in [3.8, 4) is 0 Å². The zero-order valence-corrected chi connectivity index (χ0v) is 10.4. The highest BCUT2D eigenvalue weighted by atomic mass is 16.4. The van der Waals surface area contributed by atoms with E-state index in [1.54, 1.807) is 0 Å². The molecule has 0 aliphatic heterocycles. The van der Waals surface area contributed by atoms with Crippen LogP contribution in [0.4, 0.5) is 0 Å². The quantitative estimate of drug-likeness (QED) is 0.777. The fraction of sp³-hybridized carbons (Fsp3) is 0.286. The molecule has 0 atom stereocenters. The van der Waals surface area contributed by atoms with E-state index in [0.29, 0.717) is 0 Å². The Morgan fingerprint density at radius 1 is 1.39 bits per heavy atom. The van der Waals surface area contributed by atoms with E-state index in [-0.39, 0.29) is 25.4 Å². The number of carbonyl (C=O) groups excluding carboxylic acids is 1. The van der Waals surface area contributed by atoms with Crippen LogP contribution in [-0.4, -0.2) is 35.0 Å². The molecule has 0 saturated carbocycles. The monoisotopic (exact) mass is 247 g/mol. The molecule has 0 aliphatic rings. The van der Waals surface area contributed by atoms with E-state index in [2.05, 4.69) is 6.58 Å². The summed E-state index contributed by atoms with van der Waals surface area (Å²) >= 11 is 0. The average molecular weight is 247 g/mol. The molecule has 0 spiro atoms. The van der Waals surface area contributed by atoms with E-state index < -0.39 is 5.97 Å². The molecule has 0 unspecified atom stereocenters. The molecule has 96 valence electrons. The second kappa shape index (κ2) is 6.59. The molecule has 0 aromatic heterocycles. The smallest absolute Gasteiger partial charge is 0.323 e. The van der Waals surface area contributed by atoms with Crippen molar-refractivity contribution in [3.63, 3.8) is 0 Å². The summed E-state index contributed by atoms with van der Waals surface area (Å²) in [6.07, 6.45) is 1.74. The van der Waals surface area contributed by atoms with Gasteiger partial charge in [0.25, 0.3) is 0 Å². The van der Waals surface area contributed by atoms with Gasteiger partial charge in [-0.1, -0.05) is 30.3 Å². The van der Waals surface area contributed by atoms with Crippen molar-refractivity contribution in [2.24, 2.45) is 0 Å². The van der Waals surface area contributed by atoms with Crippen LogP contribution in [-0.2, 0) is 16.0 Å². The summed E-state index contributed by atoms with van der Waals surface area (Å²) in [7, 11) is 0. The number of carbonyl (C=O) groups is 2. The number of nitrogens with zero attached hydrogens (tertiary/aromatic N) is 1. The van der Waals surface area contributed by atoms with Crippen LogP contribution in [0.3, 0.4) is 0 Å². The Kier molecular flexibility index (Phi) is 5.11. The maximum absolute atomic E-state index is 12.0. The van der Waals surface area contributed by atoms with Gasteiger partial charge in [0.2, 0.25) is 5.91 Å². The van der Waals surface area contributed by atoms with Gasteiger partial charge in [0, 0.05) is 6.54 Å². The van der Waals surface area contributed by atoms with E-state index in [1.807, 2.05) is 31.2 Å². The van der Waals surface area contributed by atoms with E-state index in [9.17, 15) is 9.59 Å². The maximum Gasteiger partial charge on any atom is 0.323 e. The third-order valence-corrected chi connectivity index (χ3v) is 2.63. The van der Waals surface area contributed by atoms with Crippen molar-refractivity contribution in [2.75, 3.05) is 13.1 Å². The van der Waals surface area contributed by atoms with Crippen molar-refractivity contribution >= 4 is 11.9 Å². The molecule has 1 amide bonds. The molecule has 4 nitrogen and oxygen atoms in total. The summed E-state index contributed by atoms with van der Waals surface area (Å²) < 4.78 is 0. The fourth-order valence-corrected chi connectivity index (χ4v) is 1.66. The van der Waals surface area contributed by atoms with Crippen LogP contribution in [0.15, 0.2) is 36.9 Å². The number of amides is 1. The summed E-state index contributed by atoms with van der Waals surface area (Å²) in [5.41, 5.74) is 1.95. The number of aryl methyl sites for hydroxylation is 1. The van der Waals surface area contributed by atoms with Crippen LogP contribution in [0.25, 0.3) is 0 Å². The molecule has 18 heavy (non-hydrogen) atoms. The fourth-order valence-electron chi connectivity index (χ4n) is 1.66. The van der Waals surface area contributed by atoms with Gasteiger partial charge in [-0.15, -0.1) is 6.58 Å². The Morgan fingerprint density at radius 2 is 2.06 bits per heavy atom. The van der Waals surface area contributed by atoms with E-state index >= 15 is 0 Å². The molecule has 0 heterocycles. The Labute approximate surface area is 107 Å². The lowest BCUT2D eigenvalue weighted by molar-refractivity contribution is -0.143. The molecule has 4 heteroatoms. The van der Waals surface area contributed by atoms with Gasteiger partial charge in [-0.25, -0.2) is 0 Å². The van der Waals surface area contributed by atoms with Gasteiger partial charge in [0.15, 0.2) is 0 Å². The SMILES string of the molecule is C=CCN(CC(=O)O)C(=O)Cc1ccccc1C.